The molecule has 1 N–H and O–H groups in total. The van der Waals surface area contributed by atoms with Crippen LogP contribution in [0.4, 0.5) is 5.82 Å². The van der Waals surface area contributed by atoms with Crippen molar-refractivity contribution in [3.8, 4) is 0 Å². The van der Waals surface area contributed by atoms with Crippen molar-refractivity contribution >= 4 is 29.3 Å². The van der Waals surface area contributed by atoms with Crippen molar-refractivity contribution in [1.82, 2.24) is 9.78 Å². The fourth-order valence-corrected chi connectivity index (χ4v) is 2.43. The zero-order valence-electron chi connectivity index (χ0n) is 14.4. The van der Waals surface area contributed by atoms with E-state index in [4.69, 9.17) is 4.42 Å². The van der Waals surface area contributed by atoms with E-state index in [1.54, 1.807) is 39.8 Å². The minimum atomic E-state index is -0.478. The maximum Gasteiger partial charge on any atom is 0.281 e. The standard InChI is InChI=1S/C17H17N5O3/c1-8-6-14(19-16(24)13-7-9(2)25-12(13)5)22(21-8)17-18-11(4)10(3)15(23)20-17/h6-7H,3H2,1-2,4-5H3,(H,19,24). The average molecular weight is 339 g/mol. The van der Waals surface area contributed by atoms with Crippen LogP contribution in [-0.2, 0) is 4.79 Å². The molecular weight excluding hydrogens is 322 g/mol. The third-order valence-corrected chi connectivity index (χ3v) is 3.71. The summed E-state index contributed by atoms with van der Waals surface area (Å²) in [4.78, 5) is 32.5. The molecule has 2 aromatic heterocycles. The Kier molecular flexibility index (Phi) is 3.96. The maximum atomic E-state index is 12.5. The lowest BCUT2D eigenvalue weighted by Gasteiger charge is -2.12. The second-order valence-electron chi connectivity index (χ2n) is 5.76. The lowest BCUT2D eigenvalue weighted by molar-refractivity contribution is -0.113. The van der Waals surface area contributed by atoms with E-state index in [2.05, 4.69) is 27.0 Å². The molecule has 0 bridgehead atoms. The zero-order valence-corrected chi connectivity index (χ0v) is 14.4. The quantitative estimate of drug-likeness (QED) is 0.849. The van der Waals surface area contributed by atoms with Crippen molar-refractivity contribution in [2.45, 2.75) is 27.7 Å². The average Bonchev–Trinajstić information content (AvgIpc) is 3.06. The summed E-state index contributed by atoms with van der Waals surface area (Å²) in [6.07, 6.45) is 0. The molecule has 1 aliphatic rings. The highest BCUT2D eigenvalue weighted by molar-refractivity contribution is 6.28. The summed E-state index contributed by atoms with van der Waals surface area (Å²) in [6, 6.07) is 3.33. The van der Waals surface area contributed by atoms with Crippen molar-refractivity contribution in [2.24, 2.45) is 9.98 Å². The van der Waals surface area contributed by atoms with Gasteiger partial charge < -0.3 is 9.73 Å². The van der Waals surface area contributed by atoms with Gasteiger partial charge >= 0.3 is 0 Å². The molecule has 0 atom stereocenters. The number of rotatable bonds is 2. The van der Waals surface area contributed by atoms with Crippen LogP contribution in [0.25, 0.3) is 0 Å². The van der Waals surface area contributed by atoms with E-state index in [0.29, 0.717) is 34.3 Å². The summed E-state index contributed by atoms with van der Waals surface area (Å²) in [7, 11) is 0. The minimum absolute atomic E-state index is 0.0818. The van der Waals surface area contributed by atoms with Gasteiger partial charge in [-0.3, -0.25) is 9.59 Å². The van der Waals surface area contributed by atoms with Gasteiger partial charge in [-0.05, 0) is 33.8 Å². The van der Waals surface area contributed by atoms with E-state index in [1.807, 2.05) is 0 Å². The molecule has 0 saturated carbocycles. The maximum absolute atomic E-state index is 12.5. The van der Waals surface area contributed by atoms with E-state index in [1.165, 1.54) is 4.68 Å². The third kappa shape index (κ3) is 3.06. The number of aromatic nitrogens is 2. The van der Waals surface area contributed by atoms with Crippen LogP contribution < -0.4 is 5.32 Å². The lowest BCUT2D eigenvalue weighted by atomic mass is 10.2. The molecule has 0 aliphatic carbocycles. The minimum Gasteiger partial charge on any atom is -0.466 e. The summed E-state index contributed by atoms with van der Waals surface area (Å²) in [5, 5.41) is 7.02. The van der Waals surface area contributed by atoms with Gasteiger partial charge in [0.2, 0.25) is 0 Å². The number of nitrogens with one attached hydrogen (secondary N) is 1. The number of carbonyl (C=O) groups is 2. The van der Waals surface area contributed by atoms with Gasteiger partial charge in [-0.25, -0.2) is 4.99 Å². The molecule has 3 heterocycles. The first kappa shape index (κ1) is 16.6. The largest absolute Gasteiger partial charge is 0.466 e. The Morgan fingerprint density at radius 3 is 2.52 bits per heavy atom. The highest BCUT2D eigenvalue weighted by Gasteiger charge is 2.22. The Balaban J connectivity index is 1.96. The monoisotopic (exact) mass is 339 g/mol. The molecule has 0 fully saturated rings. The van der Waals surface area contributed by atoms with Crippen molar-refractivity contribution in [3.05, 3.63) is 47.1 Å². The van der Waals surface area contributed by atoms with Crippen LogP contribution in [-0.4, -0.2) is 33.3 Å². The molecule has 0 saturated heterocycles. The number of aryl methyl sites for hydroxylation is 3. The van der Waals surface area contributed by atoms with Gasteiger partial charge in [-0.1, -0.05) is 6.58 Å². The van der Waals surface area contributed by atoms with Crippen molar-refractivity contribution < 1.29 is 14.0 Å². The van der Waals surface area contributed by atoms with Crippen molar-refractivity contribution in [1.29, 1.82) is 0 Å². The molecule has 0 radical (unpaired) electrons. The van der Waals surface area contributed by atoms with E-state index in [-0.39, 0.29) is 17.4 Å². The Morgan fingerprint density at radius 2 is 1.92 bits per heavy atom. The molecule has 0 aromatic carbocycles. The number of hydrogen-bond donors (Lipinski definition) is 1. The third-order valence-electron chi connectivity index (χ3n) is 3.71. The smallest absolute Gasteiger partial charge is 0.281 e. The SMILES string of the molecule is C=C1C(=O)N=C(n2nc(C)cc2NC(=O)c2cc(C)oc2C)N=C1C. The van der Waals surface area contributed by atoms with E-state index < -0.39 is 5.91 Å². The molecule has 2 aromatic rings. The van der Waals surface area contributed by atoms with Gasteiger partial charge in [-0.2, -0.15) is 14.8 Å². The Bertz CT molecular complexity index is 975. The second kappa shape index (κ2) is 5.97. The lowest BCUT2D eigenvalue weighted by Crippen LogP contribution is -2.25. The van der Waals surface area contributed by atoms with Crippen LogP contribution in [0.15, 0.2) is 38.7 Å². The number of hydrogen-bond acceptors (Lipinski definition) is 5. The summed E-state index contributed by atoms with van der Waals surface area (Å²) in [5.74, 6) is 0.786. The number of furan rings is 1. The van der Waals surface area contributed by atoms with Crippen molar-refractivity contribution in [2.75, 3.05) is 5.32 Å². The highest BCUT2D eigenvalue weighted by atomic mass is 16.3. The van der Waals surface area contributed by atoms with Gasteiger partial charge in [0.15, 0.2) is 0 Å². The fraction of sp³-hybridized carbons (Fsp3) is 0.235. The molecule has 0 unspecified atom stereocenters. The fourth-order valence-electron chi connectivity index (χ4n) is 2.43. The van der Waals surface area contributed by atoms with Crippen LogP contribution in [0.2, 0.25) is 0 Å². The van der Waals surface area contributed by atoms with Crippen molar-refractivity contribution in [3.63, 3.8) is 0 Å². The van der Waals surface area contributed by atoms with Crippen LogP contribution in [0.1, 0.15) is 34.5 Å². The molecule has 8 heteroatoms. The van der Waals surface area contributed by atoms with Crippen LogP contribution >= 0.6 is 0 Å². The molecule has 25 heavy (non-hydrogen) atoms. The molecule has 0 spiro atoms. The Labute approximate surface area is 144 Å². The predicted octanol–water partition coefficient (Wildman–Crippen LogP) is 2.42. The van der Waals surface area contributed by atoms with Crippen LogP contribution in [0.3, 0.4) is 0 Å². The van der Waals surface area contributed by atoms with E-state index >= 15 is 0 Å². The van der Waals surface area contributed by atoms with Gasteiger partial charge in [0.1, 0.15) is 17.3 Å². The van der Waals surface area contributed by atoms with Gasteiger partial charge in [0.25, 0.3) is 17.8 Å². The number of amides is 2. The van der Waals surface area contributed by atoms with Crippen LogP contribution in [0, 0.1) is 20.8 Å². The second-order valence-corrected chi connectivity index (χ2v) is 5.76. The number of aliphatic imine (C=N–C) groups is 2. The predicted molar refractivity (Wildman–Crippen MR) is 93.2 cm³/mol. The summed E-state index contributed by atoms with van der Waals surface area (Å²) in [5.41, 5.74) is 1.77. The normalized spacial score (nSPS) is 14.4. The van der Waals surface area contributed by atoms with Gasteiger partial charge in [0, 0.05) is 6.07 Å². The number of carbonyl (C=O) groups excluding carboxylic acids is 2. The van der Waals surface area contributed by atoms with Crippen LogP contribution in [0.5, 0.6) is 0 Å². The first-order chi connectivity index (χ1) is 11.8. The zero-order chi connectivity index (χ0) is 18.3. The number of anilines is 1. The molecule has 1 aliphatic heterocycles. The molecule has 2 amide bonds. The van der Waals surface area contributed by atoms with E-state index in [9.17, 15) is 9.59 Å². The van der Waals surface area contributed by atoms with E-state index in [0.717, 1.165) is 0 Å². The molecule has 3 rings (SSSR count). The van der Waals surface area contributed by atoms with Gasteiger partial charge in [0.05, 0.1) is 22.5 Å². The number of nitrogens with zero attached hydrogens (tertiary/aromatic N) is 4. The Hall–Kier alpha value is -3.29. The molecule has 8 nitrogen and oxygen atoms in total. The summed E-state index contributed by atoms with van der Waals surface area (Å²) < 4.78 is 6.70. The molecule has 128 valence electrons. The topological polar surface area (TPSA) is 102 Å². The Morgan fingerprint density at radius 1 is 1.20 bits per heavy atom. The first-order valence-corrected chi connectivity index (χ1v) is 7.59. The first-order valence-electron chi connectivity index (χ1n) is 7.59. The summed E-state index contributed by atoms with van der Waals surface area (Å²) in [6.45, 7) is 10.6. The highest BCUT2D eigenvalue weighted by Crippen LogP contribution is 2.18. The summed E-state index contributed by atoms with van der Waals surface area (Å²) >= 11 is 0. The van der Waals surface area contributed by atoms with Gasteiger partial charge in [-0.15, -0.1) is 0 Å². The molecular formula is C17H17N5O3.